The molecule has 1 N–H and O–H groups in total. The summed E-state index contributed by atoms with van der Waals surface area (Å²) in [6.07, 6.45) is 0.412. The second kappa shape index (κ2) is 14.6. The van der Waals surface area contributed by atoms with Gasteiger partial charge >= 0.3 is 12.2 Å². The Hall–Kier alpha value is -3.72. The van der Waals surface area contributed by atoms with Gasteiger partial charge in [0.25, 0.3) is 0 Å². The van der Waals surface area contributed by atoms with Crippen molar-refractivity contribution < 1.29 is 33.8 Å². The molecule has 216 valence electrons. The van der Waals surface area contributed by atoms with E-state index < -0.39 is 24.2 Å². The predicted molar refractivity (Wildman–Crippen MR) is 149 cm³/mol. The van der Waals surface area contributed by atoms with Crippen molar-refractivity contribution in [1.82, 2.24) is 9.80 Å². The summed E-state index contributed by atoms with van der Waals surface area (Å²) in [6.45, 7) is 7.77. The minimum absolute atomic E-state index is 0.000136. The van der Waals surface area contributed by atoms with Gasteiger partial charge in [0.1, 0.15) is 13.2 Å². The minimum atomic E-state index is -0.765. The third-order valence-corrected chi connectivity index (χ3v) is 7.49. The molecule has 4 amide bonds. The third kappa shape index (κ3) is 7.69. The molecule has 5 atom stereocenters. The Bertz CT molecular complexity index is 1140. The largest absolute Gasteiger partial charge is 0.447 e. The van der Waals surface area contributed by atoms with E-state index in [1.165, 1.54) is 9.80 Å². The molecule has 2 heterocycles. The molecule has 2 aliphatic heterocycles. The Morgan fingerprint density at radius 2 is 1.27 bits per heavy atom. The van der Waals surface area contributed by atoms with Crippen LogP contribution in [0.5, 0.6) is 0 Å². The van der Waals surface area contributed by atoms with Crippen molar-refractivity contribution in [2.45, 2.75) is 71.6 Å². The molecule has 0 saturated carbocycles. The quantitative estimate of drug-likeness (QED) is 0.483. The van der Waals surface area contributed by atoms with Gasteiger partial charge in [-0.05, 0) is 29.9 Å². The first-order valence-electron chi connectivity index (χ1n) is 13.9. The van der Waals surface area contributed by atoms with Crippen molar-refractivity contribution in [3.63, 3.8) is 0 Å². The number of nitrogens with zero attached hydrogens (tertiary/aromatic N) is 2. The Kier molecular flexibility index (Phi) is 11.3. The van der Waals surface area contributed by atoms with Crippen LogP contribution in [0.4, 0.5) is 9.59 Å². The Balaban J connectivity index is 0.000000230. The van der Waals surface area contributed by atoms with Gasteiger partial charge in [0.15, 0.2) is 0 Å². The highest BCUT2D eigenvalue weighted by Gasteiger charge is 2.42. The molecule has 4 rings (SSSR count). The molecule has 0 unspecified atom stereocenters. The maximum absolute atomic E-state index is 12.7. The molecular weight excluding hydrogens is 512 g/mol. The number of carbonyl (C=O) groups excluding carboxylic acids is 4. The topological polar surface area (TPSA) is 113 Å². The van der Waals surface area contributed by atoms with E-state index in [1.54, 1.807) is 13.8 Å². The normalized spacial score (nSPS) is 20.6. The van der Waals surface area contributed by atoms with Gasteiger partial charge in [-0.3, -0.25) is 9.59 Å². The van der Waals surface area contributed by atoms with Gasteiger partial charge in [0.2, 0.25) is 11.8 Å². The number of hydrogen-bond acceptors (Lipinski definition) is 7. The number of ether oxygens (including phenoxy) is 2. The molecule has 2 aromatic rings. The molecule has 40 heavy (non-hydrogen) atoms. The molecule has 0 spiro atoms. The number of carbonyl (C=O) groups is 4. The van der Waals surface area contributed by atoms with E-state index in [4.69, 9.17) is 9.47 Å². The Labute approximate surface area is 236 Å². The van der Waals surface area contributed by atoms with Crippen molar-refractivity contribution in [2.24, 2.45) is 11.8 Å². The van der Waals surface area contributed by atoms with Crippen LogP contribution in [0.1, 0.15) is 51.7 Å². The predicted octanol–water partition coefficient (Wildman–Crippen LogP) is 4.61. The zero-order valence-corrected chi connectivity index (χ0v) is 23.7. The highest BCUT2D eigenvalue weighted by atomic mass is 16.6. The van der Waals surface area contributed by atoms with Gasteiger partial charge in [-0.1, -0.05) is 94.8 Å². The molecule has 0 bridgehead atoms. The zero-order chi connectivity index (χ0) is 29.2. The first kappa shape index (κ1) is 30.8. The number of benzene rings is 2. The Morgan fingerprint density at radius 1 is 0.825 bits per heavy atom. The summed E-state index contributed by atoms with van der Waals surface area (Å²) in [6, 6.07) is 19.0. The molecule has 2 fully saturated rings. The van der Waals surface area contributed by atoms with Crippen LogP contribution < -0.4 is 0 Å². The number of rotatable bonds is 9. The standard InChI is InChI=1S/C18H25NO4.C13H15NO3/c1-4-12(2)16(20)13(3)17(21)19-15(11-23-18(19)22)10-14-8-6-5-7-9-14;1-2-12(15)14-11(9-17-13(14)16)8-10-6-4-3-5-7-10/h5-9,12-13,15-16,20H,4,10-11H2,1-3H3;3-7,11H,2,8-9H2,1H3/t12-,13-,15-,16+;11-/m00/s1. The van der Waals surface area contributed by atoms with Crippen molar-refractivity contribution in [3.8, 4) is 0 Å². The van der Waals surface area contributed by atoms with E-state index in [9.17, 15) is 24.3 Å². The number of aliphatic hydroxyl groups excluding tert-OH is 1. The number of imide groups is 2. The fraction of sp³-hybridized carbons (Fsp3) is 0.484. The molecule has 9 nitrogen and oxygen atoms in total. The molecule has 9 heteroatoms. The van der Waals surface area contributed by atoms with Crippen LogP contribution in [-0.2, 0) is 31.9 Å². The molecule has 0 aromatic heterocycles. The summed E-state index contributed by atoms with van der Waals surface area (Å²) >= 11 is 0. The maximum Gasteiger partial charge on any atom is 0.416 e. The Morgan fingerprint density at radius 3 is 1.73 bits per heavy atom. The molecule has 2 aliphatic rings. The van der Waals surface area contributed by atoms with Gasteiger partial charge in [-0.25, -0.2) is 19.4 Å². The average Bonchev–Trinajstić information content (AvgIpc) is 3.53. The van der Waals surface area contributed by atoms with Crippen molar-refractivity contribution in [1.29, 1.82) is 0 Å². The second-order valence-electron chi connectivity index (χ2n) is 10.3. The summed E-state index contributed by atoms with van der Waals surface area (Å²) in [5, 5.41) is 10.3. The summed E-state index contributed by atoms with van der Waals surface area (Å²) in [5.74, 6) is -1.16. The lowest BCUT2D eigenvalue weighted by Crippen LogP contribution is -2.46. The van der Waals surface area contributed by atoms with Gasteiger partial charge < -0.3 is 14.6 Å². The van der Waals surface area contributed by atoms with E-state index >= 15 is 0 Å². The molecule has 2 aromatic carbocycles. The third-order valence-electron chi connectivity index (χ3n) is 7.49. The van der Waals surface area contributed by atoms with Crippen LogP contribution in [0.3, 0.4) is 0 Å². The lowest BCUT2D eigenvalue weighted by Gasteiger charge is -2.28. The van der Waals surface area contributed by atoms with E-state index in [-0.39, 0.29) is 36.4 Å². The molecular formula is C31H40N2O7. The SMILES string of the molecule is CCC(=O)N1C(=O)OC[C@@H]1Cc1ccccc1.CC[C@H](C)[C@@H](O)[C@H](C)C(=O)N1C(=O)OC[C@@H]1Cc1ccccc1. The van der Waals surface area contributed by atoms with Gasteiger partial charge in [0.05, 0.1) is 24.1 Å². The van der Waals surface area contributed by atoms with Crippen LogP contribution in [0, 0.1) is 11.8 Å². The summed E-state index contributed by atoms with van der Waals surface area (Å²) in [4.78, 5) is 50.2. The molecule has 0 radical (unpaired) electrons. The van der Waals surface area contributed by atoms with Gasteiger partial charge in [-0.2, -0.15) is 0 Å². The second-order valence-corrected chi connectivity index (χ2v) is 10.3. The lowest BCUT2D eigenvalue weighted by molar-refractivity contribution is -0.137. The van der Waals surface area contributed by atoms with Crippen LogP contribution >= 0.6 is 0 Å². The van der Waals surface area contributed by atoms with E-state index in [0.29, 0.717) is 25.9 Å². The van der Waals surface area contributed by atoms with E-state index in [1.807, 2.05) is 74.5 Å². The van der Waals surface area contributed by atoms with E-state index in [0.717, 1.165) is 17.5 Å². The molecule has 0 aliphatic carbocycles. The maximum atomic E-state index is 12.7. The van der Waals surface area contributed by atoms with Crippen molar-refractivity contribution in [3.05, 3.63) is 71.8 Å². The fourth-order valence-electron chi connectivity index (χ4n) is 4.84. The number of cyclic esters (lactones) is 2. The monoisotopic (exact) mass is 552 g/mol. The first-order chi connectivity index (χ1) is 19.2. The van der Waals surface area contributed by atoms with Crippen LogP contribution in [0.25, 0.3) is 0 Å². The minimum Gasteiger partial charge on any atom is -0.447 e. The van der Waals surface area contributed by atoms with Crippen molar-refractivity contribution in [2.75, 3.05) is 13.2 Å². The van der Waals surface area contributed by atoms with E-state index in [2.05, 4.69) is 0 Å². The van der Waals surface area contributed by atoms with Crippen molar-refractivity contribution >= 4 is 24.0 Å². The highest BCUT2D eigenvalue weighted by Crippen LogP contribution is 2.24. The number of amides is 4. The first-order valence-corrected chi connectivity index (χ1v) is 13.9. The van der Waals surface area contributed by atoms with Crippen LogP contribution in [0.2, 0.25) is 0 Å². The smallest absolute Gasteiger partial charge is 0.416 e. The number of hydrogen-bond donors (Lipinski definition) is 1. The van der Waals surface area contributed by atoms with Gasteiger partial charge in [-0.15, -0.1) is 0 Å². The lowest BCUT2D eigenvalue weighted by atomic mass is 9.90. The summed E-state index contributed by atoms with van der Waals surface area (Å²) in [7, 11) is 0. The van der Waals surface area contributed by atoms with Gasteiger partial charge in [0, 0.05) is 6.42 Å². The number of aliphatic hydroxyl groups is 1. The summed E-state index contributed by atoms with van der Waals surface area (Å²) < 4.78 is 10.0. The summed E-state index contributed by atoms with van der Waals surface area (Å²) in [5.41, 5.74) is 2.15. The van der Waals surface area contributed by atoms with Crippen LogP contribution in [0.15, 0.2) is 60.7 Å². The molecule has 2 saturated heterocycles. The highest BCUT2D eigenvalue weighted by molar-refractivity contribution is 5.95. The fourth-order valence-corrected chi connectivity index (χ4v) is 4.84. The zero-order valence-electron chi connectivity index (χ0n) is 23.7. The average molecular weight is 553 g/mol. The van der Waals surface area contributed by atoms with Crippen LogP contribution in [-0.4, -0.2) is 70.3 Å².